The van der Waals surface area contributed by atoms with Crippen molar-refractivity contribution >= 4 is 23.3 Å². The van der Waals surface area contributed by atoms with Gasteiger partial charge >= 0.3 is 5.97 Å². The number of methoxy groups -OCH3 is 1. The first kappa shape index (κ1) is 14.9. The third-order valence-electron chi connectivity index (χ3n) is 3.49. The van der Waals surface area contributed by atoms with Gasteiger partial charge in [-0.3, -0.25) is 4.79 Å². The van der Waals surface area contributed by atoms with Gasteiger partial charge in [-0.1, -0.05) is 12.1 Å². The zero-order valence-corrected chi connectivity index (χ0v) is 12.6. The summed E-state index contributed by atoms with van der Waals surface area (Å²) in [5.74, 6) is 0.151. The predicted octanol–water partition coefficient (Wildman–Crippen LogP) is 2.42. The number of rotatable bonds is 4. The molecule has 0 atom stereocenters. The Hall–Kier alpha value is -3.02. The van der Waals surface area contributed by atoms with Crippen LogP contribution in [0.5, 0.6) is 5.75 Å². The maximum absolute atomic E-state index is 11.4. The van der Waals surface area contributed by atoms with Crippen LogP contribution in [0.15, 0.2) is 42.5 Å². The number of anilines is 2. The summed E-state index contributed by atoms with van der Waals surface area (Å²) in [6, 6.07) is 12.7. The molecule has 2 N–H and O–H groups in total. The molecule has 1 aliphatic heterocycles. The van der Waals surface area contributed by atoms with E-state index < -0.39 is 0 Å². The van der Waals surface area contributed by atoms with Crippen molar-refractivity contribution in [2.45, 2.75) is 6.54 Å². The summed E-state index contributed by atoms with van der Waals surface area (Å²) in [6.07, 6.45) is 0. The molecule has 1 amide bonds. The number of carbonyl (C=O) groups is 2. The SMILES string of the molecule is COC(=O)c1ccc(CNc2ccc3c(c2)OCC(=O)N3)cc1. The van der Waals surface area contributed by atoms with Gasteiger partial charge in [-0.15, -0.1) is 0 Å². The van der Waals surface area contributed by atoms with Gasteiger partial charge in [0.2, 0.25) is 0 Å². The molecule has 6 nitrogen and oxygen atoms in total. The fourth-order valence-electron chi connectivity index (χ4n) is 2.27. The van der Waals surface area contributed by atoms with Crippen LogP contribution in [0.1, 0.15) is 15.9 Å². The second-order valence-electron chi connectivity index (χ2n) is 5.09. The number of hydrogen-bond acceptors (Lipinski definition) is 5. The Balaban J connectivity index is 1.64. The van der Waals surface area contributed by atoms with E-state index in [0.717, 1.165) is 11.3 Å². The second kappa shape index (κ2) is 6.39. The van der Waals surface area contributed by atoms with Gasteiger partial charge in [-0.25, -0.2) is 4.79 Å². The highest BCUT2D eigenvalue weighted by Crippen LogP contribution is 2.30. The second-order valence-corrected chi connectivity index (χ2v) is 5.09. The zero-order valence-electron chi connectivity index (χ0n) is 12.6. The Morgan fingerprint density at radius 1 is 1.26 bits per heavy atom. The quantitative estimate of drug-likeness (QED) is 0.848. The summed E-state index contributed by atoms with van der Waals surface area (Å²) in [4.78, 5) is 22.6. The summed E-state index contributed by atoms with van der Waals surface area (Å²) >= 11 is 0. The maximum atomic E-state index is 11.4. The van der Waals surface area contributed by atoms with Crippen LogP contribution in [0, 0.1) is 0 Å². The minimum atomic E-state index is -0.349. The third kappa shape index (κ3) is 3.42. The van der Waals surface area contributed by atoms with Crippen LogP contribution in [0.4, 0.5) is 11.4 Å². The first-order valence-electron chi connectivity index (χ1n) is 7.13. The maximum Gasteiger partial charge on any atom is 0.337 e. The minimum Gasteiger partial charge on any atom is -0.482 e. The van der Waals surface area contributed by atoms with Crippen molar-refractivity contribution in [3.05, 3.63) is 53.6 Å². The number of amides is 1. The molecule has 3 rings (SSSR count). The fraction of sp³-hybridized carbons (Fsp3) is 0.176. The highest BCUT2D eigenvalue weighted by molar-refractivity contribution is 5.95. The zero-order chi connectivity index (χ0) is 16.2. The lowest BCUT2D eigenvalue weighted by Crippen LogP contribution is -2.25. The number of esters is 1. The van der Waals surface area contributed by atoms with E-state index in [9.17, 15) is 9.59 Å². The van der Waals surface area contributed by atoms with Crippen LogP contribution in [0.3, 0.4) is 0 Å². The number of fused-ring (bicyclic) bond motifs is 1. The molecule has 0 radical (unpaired) electrons. The van der Waals surface area contributed by atoms with Crippen molar-refractivity contribution < 1.29 is 19.1 Å². The molecule has 0 aliphatic carbocycles. The van der Waals surface area contributed by atoms with E-state index in [-0.39, 0.29) is 18.5 Å². The summed E-state index contributed by atoms with van der Waals surface area (Å²) in [5.41, 5.74) is 3.12. The van der Waals surface area contributed by atoms with E-state index in [1.54, 1.807) is 18.2 Å². The number of nitrogens with one attached hydrogen (secondary N) is 2. The highest BCUT2D eigenvalue weighted by Gasteiger charge is 2.15. The third-order valence-corrected chi connectivity index (χ3v) is 3.49. The van der Waals surface area contributed by atoms with Crippen LogP contribution < -0.4 is 15.4 Å². The minimum absolute atomic E-state index is 0.0332. The van der Waals surface area contributed by atoms with Crippen LogP contribution in [-0.2, 0) is 16.1 Å². The molecule has 23 heavy (non-hydrogen) atoms. The van der Waals surface area contributed by atoms with E-state index in [1.807, 2.05) is 24.3 Å². The largest absolute Gasteiger partial charge is 0.482 e. The molecule has 0 aromatic heterocycles. The number of benzene rings is 2. The van der Waals surface area contributed by atoms with E-state index in [4.69, 9.17) is 4.74 Å². The van der Waals surface area contributed by atoms with Gasteiger partial charge in [0.1, 0.15) is 5.75 Å². The molecular formula is C17H16N2O4. The molecule has 0 saturated carbocycles. The average molecular weight is 312 g/mol. The Morgan fingerprint density at radius 2 is 2.04 bits per heavy atom. The van der Waals surface area contributed by atoms with Gasteiger partial charge in [-0.2, -0.15) is 0 Å². The molecule has 0 unspecified atom stereocenters. The van der Waals surface area contributed by atoms with E-state index in [1.165, 1.54) is 7.11 Å². The lowest BCUT2D eigenvalue weighted by atomic mass is 10.1. The monoisotopic (exact) mass is 312 g/mol. The number of carbonyl (C=O) groups excluding carboxylic acids is 2. The van der Waals surface area contributed by atoms with Gasteiger partial charge in [0.05, 0.1) is 18.4 Å². The van der Waals surface area contributed by atoms with Crippen molar-refractivity contribution in [3.63, 3.8) is 0 Å². The first-order chi connectivity index (χ1) is 11.2. The summed E-state index contributed by atoms with van der Waals surface area (Å²) in [6.45, 7) is 0.637. The molecule has 6 heteroatoms. The lowest BCUT2D eigenvalue weighted by molar-refractivity contribution is -0.118. The summed E-state index contributed by atoms with van der Waals surface area (Å²) < 4.78 is 10.0. The van der Waals surface area contributed by atoms with Gasteiger partial charge < -0.3 is 20.1 Å². The molecule has 0 saturated heterocycles. The van der Waals surface area contributed by atoms with E-state index in [2.05, 4.69) is 15.4 Å². The molecule has 118 valence electrons. The fourth-order valence-corrected chi connectivity index (χ4v) is 2.27. The molecule has 2 aromatic carbocycles. The topological polar surface area (TPSA) is 76.7 Å². The normalized spacial score (nSPS) is 12.7. The Morgan fingerprint density at radius 3 is 2.78 bits per heavy atom. The summed E-state index contributed by atoms with van der Waals surface area (Å²) in [7, 11) is 1.36. The standard InChI is InChI=1S/C17H16N2O4/c1-22-17(21)12-4-2-11(3-5-12)9-18-13-6-7-14-15(8-13)23-10-16(20)19-14/h2-8,18H,9-10H2,1H3,(H,19,20). The molecular weight excluding hydrogens is 296 g/mol. The number of hydrogen-bond donors (Lipinski definition) is 2. The van der Waals surface area contributed by atoms with Crippen molar-refractivity contribution in [1.29, 1.82) is 0 Å². The van der Waals surface area contributed by atoms with Gasteiger partial charge in [0.15, 0.2) is 6.61 Å². The molecule has 0 fully saturated rings. The molecule has 0 spiro atoms. The van der Waals surface area contributed by atoms with Gasteiger partial charge in [-0.05, 0) is 29.8 Å². The van der Waals surface area contributed by atoms with E-state index in [0.29, 0.717) is 23.5 Å². The van der Waals surface area contributed by atoms with Crippen LogP contribution in [0.2, 0.25) is 0 Å². The average Bonchev–Trinajstić information content (AvgIpc) is 2.59. The van der Waals surface area contributed by atoms with Crippen molar-refractivity contribution in [2.75, 3.05) is 24.4 Å². The van der Waals surface area contributed by atoms with Gasteiger partial charge in [0, 0.05) is 18.3 Å². The smallest absolute Gasteiger partial charge is 0.337 e. The summed E-state index contributed by atoms with van der Waals surface area (Å²) in [5, 5.41) is 6.02. The Kier molecular flexibility index (Phi) is 4.14. The molecule has 0 bridgehead atoms. The van der Waals surface area contributed by atoms with Crippen LogP contribution in [-0.4, -0.2) is 25.6 Å². The Bertz CT molecular complexity index is 741. The molecule has 2 aromatic rings. The predicted molar refractivity (Wildman–Crippen MR) is 85.7 cm³/mol. The van der Waals surface area contributed by atoms with Crippen LogP contribution >= 0.6 is 0 Å². The highest BCUT2D eigenvalue weighted by atomic mass is 16.5. The van der Waals surface area contributed by atoms with Crippen molar-refractivity contribution in [2.24, 2.45) is 0 Å². The molecule has 1 aliphatic rings. The van der Waals surface area contributed by atoms with Crippen molar-refractivity contribution in [3.8, 4) is 5.75 Å². The van der Waals surface area contributed by atoms with Crippen LogP contribution in [0.25, 0.3) is 0 Å². The molecule has 1 heterocycles. The van der Waals surface area contributed by atoms with E-state index >= 15 is 0 Å². The lowest BCUT2D eigenvalue weighted by Gasteiger charge is -2.19. The number of ether oxygens (including phenoxy) is 2. The van der Waals surface area contributed by atoms with Gasteiger partial charge in [0.25, 0.3) is 5.91 Å². The first-order valence-corrected chi connectivity index (χ1v) is 7.13. The van der Waals surface area contributed by atoms with Crippen molar-refractivity contribution in [1.82, 2.24) is 0 Å². The Labute approximate surface area is 133 Å².